The molecular formula is C6H13AuO6S. The monoisotopic (exact) mass is 410 g/mol. The Bertz CT molecular complexity index is 157. The molecule has 0 bridgehead atoms. The van der Waals surface area contributed by atoms with E-state index in [0.717, 1.165) is 0 Å². The number of hydrogen-bond acceptors (Lipinski definition) is 6. The van der Waals surface area contributed by atoms with Gasteiger partial charge < -0.3 is 43.3 Å². The molecule has 1 unspecified atom stereocenters. The van der Waals surface area contributed by atoms with E-state index in [1.54, 1.807) is 0 Å². The molecule has 6 nitrogen and oxygen atoms in total. The molecule has 1 heterocycles. The first-order valence-corrected chi connectivity index (χ1v) is 4.01. The van der Waals surface area contributed by atoms with Gasteiger partial charge in [0.05, 0.1) is 12.7 Å². The van der Waals surface area contributed by atoms with Crippen LogP contribution in [0.4, 0.5) is 0 Å². The topological polar surface area (TPSA) is 122 Å². The van der Waals surface area contributed by atoms with Crippen LogP contribution in [0.15, 0.2) is 0 Å². The molecule has 6 N–H and O–H groups in total. The van der Waals surface area contributed by atoms with Crippen molar-refractivity contribution in [3.05, 3.63) is 0 Å². The van der Waals surface area contributed by atoms with Crippen molar-refractivity contribution in [1.82, 2.24) is 0 Å². The van der Waals surface area contributed by atoms with Gasteiger partial charge in [0.25, 0.3) is 0 Å². The van der Waals surface area contributed by atoms with Gasteiger partial charge in [0.1, 0.15) is 18.3 Å². The summed E-state index contributed by atoms with van der Waals surface area (Å²) in [6.07, 6.45) is -4.83. The molecule has 0 radical (unpaired) electrons. The fraction of sp³-hybridized carbons (Fsp3) is 1.00. The van der Waals surface area contributed by atoms with E-state index in [1.807, 2.05) is 0 Å². The normalized spacial score (nSPS) is 42.2. The fourth-order valence-corrected chi connectivity index (χ4v) is 1.37. The largest absolute Gasteiger partial charge is 1.00 e. The molecule has 1 aliphatic rings. The minimum absolute atomic E-state index is 0. The molecule has 0 aromatic heterocycles. The van der Waals surface area contributed by atoms with Crippen molar-refractivity contribution in [3.8, 4) is 0 Å². The van der Waals surface area contributed by atoms with E-state index in [9.17, 15) is 5.11 Å². The summed E-state index contributed by atoms with van der Waals surface area (Å²) < 4.78 is 4.84. The van der Waals surface area contributed by atoms with Crippen molar-refractivity contribution in [1.29, 1.82) is 0 Å². The van der Waals surface area contributed by atoms with E-state index < -0.39 is 36.5 Å². The predicted octanol–water partition coefficient (Wildman–Crippen LogP) is -3.49. The average Bonchev–Trinajstić information content (AvgIpc) is 2.08. The van der Waals surface area contributed by atoms with Crippen LogP contribution in [-0.2, 0) is 39.7 Å². The van der Waals surface area contributed by atoms with E-state index >= 15 is 0 Å². The van der Waals surface area contributed by atoms with Crippen molar-refractivity contribution < 1.29 is 53.0 Å². The first kappa shape index (κ1) is 17.3. The molecule has 90 valence electrons. The number of aliphatic hydroxyl groups excluding tert-OH is 4. The van der Waals surface area contributed by atoms with E-state index in [2.05, 4.69) is 12.6 Å². The van der Waals surface area contributed by atoms with Gasteiger partial charge in [-0.3, -0.25) is 0 Å². The molecule has 14 heavy (non-hydrogen) atoms. The van der Waals surface area contributed by atoms with Gasteiger partial charge in [0, 0.05) is 0 Å². The maximum Gasteiger partial charge on any atom is 1.00 e. The number of rotatable bonds is 1. The molecule has 0 saturated carbocycles. The van der Waals surface area contributed by atoms with Crippen molar-refractivity contribution >= 4 is 12.6 Å². The molecule has 1 rings (SSSR count). The number of aliphatic hydroxyl groups is 4. The van der Waals surface area contributed by atoms with Crippen LogP contribution in [0.5, 0.6) is 0 Å². The Morgan fingerprint density at radius 2 is 1.57 bits per heavy atom. The molecule has 0 amide bonds. The van der Waals surface area contributed by atoms with Gasteiger partial charge in [-0.1, -0.05) is 0 Å². The molecule has 8 heteroatoms. The average molecular weight is 410 g/mol. The van der Waals surface area contributed by atoms with Crippen molar-refractivity contribution in [2.24, 2.45) is 0 Å². The van der Waals surface area contributed by atoms with Gasteiger partial charge in [0.15, 0.2) is 0 Å². The SMILES string of the molecule is O.OC[C@H]1OC([S-])[C@H](O)[C@@H](O)[C@@H]1O.[Au+]. The molecule has 0 aromatic rings. The third-order valence-electron chi connectivity index (χ3n) is 1.85. The zero-order valence-corrected chi connectivity index (χ0v) is 9.98. The molecule has 0 aliphatic carbocycles. The molecule has 5 atom stereocenters. The maximum absolute atomic E-state index is 9.18. The number of ether oxygens (including phenoxy) is 1. The van der Waals surface area contributed by atoms with Gasteiger partial charge >= 0.3 is 22.4 Å². The molecular weight excluding hydrogens is 397 g/mol. The molecule has 1 saturated heterocycles. The van der Waals surface area contributed by atoms with Crippen molar-refractivity contribution in [2.75, 3.05) is 6.61 Å². The van der Waals surface area contributed by atoms with Crippen LogP contribution in [0.3, 0.4) is 0 Å². The Balaban J connectivity index is 0. The minimum atomic E-state index is -1.35. The first-order valence-electron chi connectivity index (χ1n) is 3.54. The van der Waals surface area contributed by atoms with Crippen LogP contribution < -0.4 is 0 Å². The van der Waals surface area contributed by atoms with E-state index in [4.69, 9.17) is 20.1 Å². The van der Waals surface area contributed by atoms with Gasteiger partial charge in [-0.05, 0) is 5.44 Å². The Kier molecular flexibility index (Phi) is 8.84. The Labute approximate surface area is 102 Å². The maximum atomic E-state index is 9.18. The van der Waals surface area contributed by atoms with E-state index in [0.29, 0.717) is 0 Å². The van der Waals surface area contributed by atoms with E-state index in [1.165, 1.54) is 0 Å². The second-order valence-electron chi connectivity index (χ2n) is 2.70. The van der Waals surface area contributed by atoms with Crippen LogP contribution >= 0.6 is 0 Å². The second kappa shape index (κ2) is 7.18. The quantitative estimate of drug-likeness (QED) is 0.263. The van der Waals surface area contributed by atoms with E-state index in [-0.39, 0.29) is 27.9 Å². The predicted molar refractivity (Wildman–Crippen MR) is 44.7 cm³/mol. The minimum Gasteiger partial charge on any atom is -0.759 e. The third-order valence-corrected chi connectivity index (χ3v) is 2.24. The zero-order chi connectivity index (χ0) is 9.30. The summed E-state index contributed by atoms with van der Waals surface area (Å²) in [6.45, 7) is -0.432. The fourth-order valence-electron chi connectivity index (χ4n) is 1.07. The van der Waals surface area contributed by atoms with Crippen LogP contribution in [0.2, 0.25) is 0 Å². The summed E-state index contributed by atoms with van der Waals surface area (Å²) in [5, 5.41) is 36.1. The first-order chi connectivity index (χ1) is 5.57. The zero-order valence-electron chi connectivity index (χ0n) is 7.00. The van der Waals surface area contributed by atoms with Crippen LogP contribution in [0.1, 0.15) is 0 Å². The number of hydrogen-bond donors (Lipinski definition) is 4. The summed E-state index contributed by atoms with van der Waals surface area (Å²) in [5.74, 6) is 0. The smallest absolute Gasteiger partial charge is 0.759 e. The third kappa shape index (κ3) is 3.46. The summed E-state index contributed by atoms with van der Waals surface area (Å²) in [7, 11) is 0. The van der Waals surface area contributed by atoms with Gasteiger partial charge in [-0.25, -0.2) is 0 Å². The van der Waals surface area contributed by atoms with Crippen LogP contribution in [-0.4, -0.2) is 62.4 Å². The molecule has 0 aromatic carbocycles. The molecule has 1 aliphatic heterocycles. The standard InChI is InChI=1S/C6H12O5S.Au.H2O/c7-1-2-3(8)4(9)5(10)6(12)11-2;;/h2-10,12H,1H2;;1H2/q;+1;/p-1/t2-,3-,4+,5-,6?;;/m1../s1. The van der Waals surface area contributed by atoms with Crippen LogP contribution in [0, 0.1) is 0 Å². The summed E-state index contributed by atoms with van der Waals surface area (Å²) >= 11 is 4.63. The molecule has 0 spiro atoms. The van der Waals surface area contributed by atoms with Crippen LogP contribution in [0.25, 0.3) is 0 Å². The summed E-state index contributed by atoms with van der Waals surface area (Å²) in [5.41, 5.74) is -0.986. The summed E-state index contributed by atoms with van der Waals surface area (Å²) in [6, 6.07) is 0. The Morgan fingerprint density at radius 1 is 1.07 bits per heavy atom. The molecule has 1 fully saturated rings. The van der Waals surface area contributed by atoms with Crippen molar-refractivity contribution in [2.45, 2.75) is 29.9 Å². The van der Waals surface area contributed by atoms with Gasteiger partial charge in [-0.15, -0.1) is 0 Å². The Morgan fingerprint density at radius 3 is 2.00 bits per heavy atom. The Hall–Kier alpha value is 0.850. The van der Waals surface area contributed by atoms with Crippen molar-refractivity contribution in [3.63, 3.8) is 0 Å². The van der Waals surface area contributed by atoms with Gasteiger partial charge in [-0.2, -0.15) is 0 Å². The second-order valence-corrected chi connectivity index (χ2v) is 3.16. The summed E-state index contributed by atoms with van der Waals surface area (Å²) in [4.78, 5) is 0. The van der Waals surface area contributed by atoms with Gasteiger partial charge in [0.2, 0.25) is 0 Å².